The molecule has 0 aromatic carbocycles. The zero-order valence-corrected chi connectivity index (χ0v) is 4.72. The summed E-state index contributed by atoms with van der Waals surface area (Å²) in [7, 11) is 0. The molecule has 48 valence electrons. The topological polar surface area (TPSA) is 61.2 Å². The molecule has 0 aliphatic rings. The number of aliphatic carboxylic acids is 1. The zero-order valence-electron chi connectivity index (χ0n) is 4.72. The molecule has 0 aromatic heterocycles. The molecule has 0 radical (unpaired) electrons. The van der Waals surface area contributed by atoms with E-state index in [1.807, 2.05) is 0 Å². The first kappa shape index (κ1) is 11.5. The van der Waals surface area contributed by atoms with E-state index in [0.29, 0.717) is 6.42 Å². The van der Waals surface area contributed by atoms with Gasteiger partial charge in [0.1, 0.15) is 0 Å². The van der Waals surface area contributed by atoms with Gasteiger partial charge in [-0.1, -0.05) is 6.92 Å². The molecule has 0 aliphatic carbocycles. The Balaban J connectivity index is 0. The van der Waals surface area contributed by atoms with E-state index in [9.17, 15) is 4.79 Å². The van der Waals surface area contributed by atoms with Crippen LogP contribution in [-0.2, 0) is 4.79 Å². The predicted molar refractivity (Wildman–Crippen MR) is 37.3 cm³/mol. The SMILES string of the molecule is CC(CC=N)C(=O)O.[LiH]. The maximum absolute atomic E-state index is 9.99. The van der Waals surface area contributed by atoms with Crippen LogP contribution in [0.1, 0.15) is 13.3 Å². The van der Waals surface area contributed by atoms with Gasteiger partial charge in [-0.2, -0.15) is 0 Å². The van der Waals surface area contributed by atoms with Gasteiger partial charge in [0, 0.05) is 0 Å². The number of nitrogens with one attached hydrogen (secondary N) is 1. The summed E-state index contributed by atoms with van der Waals surface area (Å²) >= 11 is 0. The van der Waals surface area contributed by atoms with Crippen LogP contribution in [0.25, 0.3) is 0 Å². The number of hydrogen-bond donors (Lipinski definition) is 2. The quantitative estimate of drug-likeness (QED) is 0.413. The van der Waals surface area contributed by atoms with Gasteiger partial charge in [-0.3, -0.25) is 4.79 Å². The molecule has 0 spiro atoms. The van der Waals surface area contributed by atoms with Crippen LogP contribution in [0, 0.1) is 11.3 Å². The number of carboxylic acids is 1. The van der Waals surface area contributed by atoms with Crippen LogP contribution in [0.2, 0.25) is 0 Å². The summed E-state index contributed by atoms with van der Waals surface area (Å²) in [5.41, 5.74) is 0. The second-order valence-corrected chi connectivity index (χ2v) is 1.68. The molecule has 0 bridgehead atoms. The molecule has 4 heteroatoms. The second kappa shape index (κ2) is 5.87. The Morgan fingerprint density at radius 2 is 2.33 bits per heavy atom. The standard InChI is InChI=1S/C5H9NO2.Li.H/c1-4(2-3-6)5(7)8;;/h3-4,6H,2H2,1H3,(H,7,8);;. The van der Waals surface area contributed by atoms with Gasteiger partial charge in [0.2, 0.25) is 0 Å². The van der Waals surface area contributed by atoms with E-state index in [1.165, 1.54) is 0 Å². The van der Waals surface area contributed by atoms with Gasteiger partial charge in [-0.15, -0.1) is 0 Å². The van der Waals surface area contributed by atoms with E-state index in [0.717, 1.165) is 6.21 Å². The molecule has 0 amide bonds. The van der Waals surface area contributed by atoms with Crippen molar-refractivity contribution < 1.29 is 9.90 Å². The van der Waals surface area contributed by atoms with Crippen molar-refractivity contribution in [2.75, 3.05) is 0 Å². The van der Waals surface area contributed by atoms with Gasteiger partial charge in [0.15, 0.2) is 0 Å². The maximum atomic E-state index is 9.99. The summed E-state index contributed by atoms with van der Waals surface area (Å²) in [5, 5.41) is 14.7. The summed E-state index contributed by atoms with van der Waals surface area (Å²) < 4.78 is 0. The number of hydrogen-bond acceptors (Lipinski definition) is 2. The molecule has 9 heavy (non-hydrogen) atoms. The number of carboxylic acid groups (broad SMARTS) is 1. The summed E-state index contributed by atoms with van der Waals surface area (Å²) in [6, 6.07) is 0. The van der Waals surface area contributed by atoms with E-state index in [4.69, 9.17) is 10.5 Å². The van der Waals surface area contributed by atoms with Crippen molar-refractivity contribution in [2.45, 2.75) is 13.3 Å². The van der Waals surface area contributed by atoms with Crippen LogP contribution in [0.15, 0.2) is 0 Å². The zero-order chi connectivity index (χ0) is 6.57. The first-order valence-electron chi connectivity index (χ1n) is 2.40. The fourth-order valence-electron chi connectivity index (χ4n) is 0.278. The number of carbonyl (C=O) groups is 1. The molecule has 0 fully saturated rings. The minimum atomic E-state index is -0.839. The third-order valence-corrected chi connectivity index (χ3v) is 0.893. The molecule has 2 N–H and O–H groups in total. The van der Waals surface area contributed by atoms with Crippen molar-refractivity contribution in [2.24, 2.45) is 5.92 Å². The Morgan fingerprint density at radius 1 is 1.89 bits per heavy atom. The Bertz CT molecular complexity index is 105. The molecule has 0 rings (SSSR count). The Kier molecular flexibility index (Phi) is 7.51. The molecular weight excluding hydrogens is 113 g/mol. The summed E-state index contributed by atoms with van der Waals surface area (Å²) in [6.07, 6.45) is 1.44. The predicted octanol–water partition coefficient (Wildman–Crippen LogP) is 0.0983. The average molecular weight is 123 g/mol. The van der Waals surface area contributed by atoms with E-state index in [2.05, 4.69) is 0 Å². The Morgan fingerprint density at radius 3 is 2.44 bits per heavy atom. The Labute approximate surface area is 66.1 Å². The first-order valence-corrected chi connectivity index (χ1v) is 2.40. The second-order valence-electron chi connectivity index (χ2n) is 1.68. The van der Waals surface area contributed by atoms with Crippen molar-refractivity contribution in [3.05, 3.63) is 0 Å². The summed E-state index contributed by atoms with van der Waals surface area (Å²) in [5.74, 6) is -1.25. The van der Waals surface area contributed by atoms with Gasteiger partial charge in [-0.05, 0) is 12.6 Å². The van der Waals surface area contributed by atoms with E-state index >= 15 is 0 Å². The number of rotatable bonds is 3. The van der Waals surface area contributed by atoms with Crippen LogP contribution in [-0.4, -0.2) is 36.2 Å². The van der Waals surface area contributed by atoms with Crippen LogP contribution in [0.3, 0.4) is 0 Å². The molecule has 1 unspecified atom stereocenters. The van der Waals surface area contributed by atoms with Gasteiger partial charge in [-0.25, -0.2) is 0 Å². The van der Waals surface area contributed by atoms with Crippen LogP contribution in [0.5, 0.6) is 0 Å². The van der Waals surface area contributed by atoms with Crippen molar-refractivity contribution >= 4 is 31.0 Å². The van der Waals surface area contributed by atoms with Gasteiger partial charge in [0.25, 0.3) is 0 Å². The fraction of sp³-hybridized carbons (Fsp3) is 0.600. The molecule has 0 aliphatic heterocycles. The molecule has 0 saturated heterocycles. The van der Waals surface area contributed by atoms with Crippen LogP contribution >= 0.6 is 0 Å². The van der Waals surface area contributed by atoms with E-state index in [1.54, 1.807) is 6.92 Å². The van der Waals surface area contributed by atoms with Crippen LogP contribution in [0.4, 0.5) is 0 Å². The average Bonchev–Trinajstić information content (AvgIpc) is 1.67. The van der Waals surface area contributed by atoms with Crippen molar-refractivity contribution in [1.29, 1.82) is 5.41 Å². The van der Waals surface area contributed by atoms with Crippen LogP contribution < -0.4 is 0 Å². The van der Waals surface area contributed by atoms with Gasteiger partial charge < -0.3 is 10.5 Å². The van der Waals surface area contributed by atoms with E-state index < -0.39 is 11.9 Å². The van der Waals surface area contributed by atoms with Gasteiger partial charge >= 0.3 is 24.8 Å². The monoisotopic (exact) mass is 123 g/mol. The molecular formula is C5H10LiNO2. The summed E-state index contributed by atoms with van der Waals surface area (Å²) in [6.45, 7) is 1.58. The molecule has 0 saturated carbocycles. The van der Waals surface area contributed by atoms with Crippen molar-refractivity contribution in [3.63, 3.8) is 0 Å². The van der Waals surface area contributed by atoms with Crippen molar-refractivity contribution in [3.8, 4) is 0 Å². The Hall–Kier alpha value is -0.263. The third kappa shape index (κ3) is 5.61. The minimum absolute atomic E-state index is 0. The van der Waals surface area contributed by atoms with Crippen molar-refractivity contribution in [1.82, 2.24) is 0 Å². The van der Waals surface area contributed by atoms with E-state index in [-0.39, 0.29) is 18.9 Å². The summed E-state index contributed by atoms with van der Waals surface area (Å²) in [4.78, 5) is 9.99. The molecule has 3 nitrogen and oxygen atoms in total. The first-order chi connectivity index (χ1) is 3.68. The molecule has 0 aromatic rings. The van der Waals surface area contributed by atoms with Gasteiger partial charge in [0.05, 0.1) is 5.92 Å². The normalized spacial score (nSPS) is 11.2. The third-order valence-electron chi connectivity index (χ3n) is 0.893. The fourth-order valence-corrected chi connectivity index (χ4v) is 0.278. The molecule has 0 heterocycles. The molecule has 1 atom stereocenters.